The first-order valence-corrected chi connectivity index (χ1v) is 9.54. The molecule has 2 fully saturated rings. The Kier molecular flexibility index (Phi) is 4.99. The minimum Gasteiger partial charge on any atom is -0.353 e. The van der Waals surface area contributed by atoms with Crippen LogP contribution in [-0.4, -0.2) is 54.2 Å². The SMILES string of the molecule is Cc1cc(N2CCN(c3ccc(C(F)(F)F)cn3)CC2)nc(N2CCCC2)n1. The van der Waals surface area contributed by atoms with Crippen LogP contribution in [0, 0.1) is 6.92 Å². The zero-order valence-corrected chi connectivity index (χ0v) is 15.8. The molecule has 150 valence electrons. The smallest absolute Gasteiger partial charge is 0.353 e. The van der Waals surface area contributed by atoms with Crippen molar-refractivity contribution in [3.05, 3.63) is 35.7 Å². The van der Waals surface area contributed by atoms with E-state index in [4.69, 9.17) is 4.98 Å². The highest BCUT2D eigenvalue weighted by Crippen LogP contribution is 2.29. The maximum Gasteiger partial charge on any atom is 0.417 e. The number of aromatic nitrogens is 3. The first kappa shape index (κ1) is 18.8. The van der Waals surface area contributed by atoms with Gasteiger partial charge in [0.05, 0.1) is 5.56 Å². The maximum atomic E-state index is 12.7. The van der Waals surface area contributed by atoms with Gasteiger partial charge in [-0.05, 0) is 31.9 Å². The average Bonchev–Trinajstić information content (AvgIpc) is 3.22. The van der Waals surface area contributed by atoms with Crippen LogP contribution in [0.3, 0.4) is 0 Å². The number of aryl methyl sites for hydroxylation is 1. The summed E-state index contributed by atoms with van der Waals surface area (Å²) in [5.74, 6) is 2.28. The lowest BCUT2D eigenvalue weighted by Crippen LogP contribution is -2.47. The predicted octanol–water partition coefficient (Wildman–Crippen LogP) is 3.13. The number of hydrogen-bond acceptors (Lipinski definition) is 6. The molecule has 2 aliphatic rings. The Labute approximate surface area is 162 Å². The second kappa shape index (κ2) is 7.44. The highest BCUT2D eigenvalue weighted by molar-refractivity contribution is 5.49. The van der Waals surface area contributed by atoms with Crippen molar-refractivity contribution < 1.29 is 13.2 Å². The molecule has 0 N–H and O–H groups in total. The molecule has 0 aliphatic carbocycles. The monoisotopic (exact) mass is 392 g/mol. The molecular formula is C19H23F3N6. The summed E-state index contributed by atoms with van der Waals surface area (Å²) in [6, 6.07) is 4.52. The summed E-state index contributed by atoms with van der Waals surface area (Å²) in [6.45, 7) is 6.80. The number of rotatable bonds is 3. The molecule has 2 saturated heterocycles. The van der Waals surface area contributed by atoms with Crippen molar-refractivity contribution in [3.8, 4) is 0 Å². The molecule has 4 heterocycles. The van der Waals surface area contributed by atoms with Crippen LogP contribution >= 0.6 is 0 Å². The Morgan fingerprint density at radius 1 is 0.821 bits per heavy atom. The first-order chi connectivity index (χ1) is 13.4. The molecule has 0 radical (unpaired) electrons. The summed E-state index contributed by atoms with van der Waals surface area (Å²) >= 11 is 0. The van der Waals surface area contributed by atoms with Crippen LogP contribution in [0.1, 0.15) is 24.1 Å². The molecule has 0 aromatic carbocycles. The van der Waals surface area contributed by atoms with Crippen LogP contribution in [0.25, 0.3) is 0 Å². The molecule has 2 aromatic heterocycles. The van der Waals surface area contributed by atoms with E-state index < -0.39 is 11.7 Å². The van der Waals surface area contributed by atoms with Crippen molar-refractivity contribution in [3.63, 3.8) is 0 Å². The van der Waals surface area contributed by atoms with Gasteiger partial charge in [0.25, 0.3) is 0 Å². The molecule has 0 atom stereocenters. The van der Waals surface area contributed by atoms with Gasteiger partial charge in [0, 0.05) is 57.2 Å². The van der Waals surface area contributed by atoms with E-state index in [9.17, 15) is 13.2 Å². The second-order valence-electron chi connectivity index (χ2n) is 7.24. The lowest BCUT2D eigenvalue weighted by molar-refractivity contribution is -0.137. The van der Waals surface area contributed by atoms with E-state index in [1.165, 1.54) is 18.9 Å². The van der Waals surface area contributed by atoms with Crippen molar-refractivity contribution in [2.75, 3.05) is 54.0 Å². The van der Waals surface area contributed by atoms with Gasteiger partial charge in [0.15, 0.2) is 0 Å². The first-order valence-electron chi connectivity index (χ1n) is 9.54. The van der Waals surface area contributed by atoms with Crippen LogP contribution in [0.2, 0.25) is 0 Å². The molecule has 0 unspecified atom stereocenters. The highest BCUT2D eigenvalue weighted by atomic mass is 19.4. The van der Waals surface area contributed by atoms with Crippen LogP contribution in [0.5, 0.6) is 0 Å². The van der Waals surface area contributed by atoms with Gasteiger partial charge in [0.1, 0.15) is 11.6 Å². The Balaban J connectivity index is 1.43. The highest BCUT2D eigenvalue weighted by Gasteiger charge is 2.31. The number of nitrogens with zero attached hydrogens (tertiary/aromatic N) is 6. The molecule has 4 rings (SSSR count). The van der Waals surface area contributed by atoms with E-state index >= 15 is 0 Å². The molecular weight excluding hydrogens is 369 g/mol. The zero-order valence-electron chi connectivity index (χ0n) is 15.8. The summed E-state index contributed by atoms with van der Waals surface area (Å²) in [4.78, 5) is 19.8. The van der Waals surface area contributed by atoms with Crippen LogP contribution in [0.15, 0.2) is 24.4 Å². The van der Waals surface area contributed by atoms with Crippen molar-refractivity contribution in [2.24, 2.45) is 0 Å². The molecule has 0 amide bonds. The van der Waals surface area contributed by atoms with Gasteiger partial charge in [-0.3, -0.25) is 0 Å². The van der Waals surface area contributed by atoms with Crippen molar-refractivity contribution in [1.82, 2.24) is 15.0 Å². The third kappa shape index (κ3) is 3.98. The lowest BCUT2D eigenvalue weighted by Gasteiger charge is -2.36. The fourth-order valence-corrected chi connectivity index (χ4v) is 3.66. The van der Waals surface area contributed by atoms with Gasteiger partial charge in [-0.15, -0.1) is 0 Å². The Morgan fingerprint density at radius 3 is 2.04 bits per heavy atom. The summed E-state index contributed by atoms with van der Waals surface area (Å²) in [7, 11) is 0. The van der Waals surface area contributed by atoms with Crippen molar-refractivity contribution >= 4 is 17.6 Å². The van der Waals surface area contributed by atoms with E-state index in [0.29, 0.717) is 18.9 Å². The fourth-order valence-electron chi connectivity index (χ4n) is 3.66. The van der Waals surface area contributed by atoms with E-state index in [1.54, 1.807) is 0 Å². The maximum absolute atomic E-state index is 12.7. The third-order valence-electron chi connectivity index (χ3n) is 5.22. The molecule has 6 nitrogen and oxygen atoms in total. The molecule has 28 heavy (non-hydrogen) atoms. The van der Waals surface area contributed by atoms with Crippen molar-refractivity contribution in [2.45, 2.75) is 25.9 Å². The quantitative estimate of drug-likeness (QED) is 0.800. The molecule has 0 spiro atoms. The summed E-state index contributed by atoms with van der Waals surface area (Å²) < 4.78 is 38.1. The van der Waals surface area contributed by atoms with E-state index in [0.717, 1.165) is 55.9 Å². The Hall–Kier alpha value is -2.58. The van der Waals surface area contributed by atoms with Gasteiger partial charge in [-0.25, -0.2) is 9.97 Å². The molecule has 2 aliphatic heterocycles. The standard InChI is InChI=1S/C19H23F3N6/c1-14-12-17(25-18(24-14)28-6-2-3-7-28)27-10-8-26(9-11-27)16-5-4-15(13-23-16)19(20,21)22/h4-5,12-13H,2-3,6-11H2,1H3. The number of alkyl halides is 3. The van der Waals surface area contributed by atoms with Gasteiger partial charge < -0.3 is 14.7 Å². The fraction of sp³-hybridized carbons (Fsp3) is 0.526. The van der Waals surface area contributed by atoms with Gasteiger partial charge in [-0.2, -0.15) is 18.2 Å². The minimum absolute atomic E-state index is 0.573. The number of piperazine rings is 1. The third-order valence-corrected chi connectivity index (χ3v) is 5.22. The second-order valence-corrected chi connectivity index (χ2v) is 7.24. The lowest BCUT2D eigenvalue weighted by atomic mass is 10.2. The molecule has 9 heteroatoms. The van der Waals surface area contributed by atoms with Gasteiger partial charge in [-0.1, -0.05) is 0 Å². The number of pyridine rings is 1. The van der Waals surface area contributed by atoms with Gasteiger partial charge >= 0.3 is 6.18 Å². The summed E-state index contributed by atoms with van der Waals surface area (Å²) in [5, 5.41) is 0. The topological polar surface area (TPSA) is 48.4 Å². The van der Waals surface area contributed by atoms with Crippen LogP contribution in [-0.2, 0) is 6.18 Å². The van der Waals surface area contributed by atoms with Crippen LogP contribution < -0.4 is 14.7 Å². The largest absolute Gasteiger partial charge is 0.417 e. The van der Waals surface area contributed by atoms with E-state index in [-0.39, 0.29) is 0 Å². The van der Waals surface area contributed by atoms with Gasteiger partial charge in [0.2, 0.25) is 5.95 Å². The Morgan fingerprint density at radius 2 is 1.46 bits per heavy atom. The number of anilines is 3. The number of hydrogen-bond donors (Lipinski definition) is 0. The Bertz CT molecular complexity index is 809. The molecule has 0 bridgehead atoms. The van der Waals surface area contributed by atoms with E-state index in [2.05, 4.69) is 19.8 Å². The predicted molar refractivity (Wildman–Crippen MR) is 102 cm³/mol. The summed E-state index contributed by atoms with van der Waals surface area (Å²) in [6.07, 6.45) is -1.11. The normalized spacial score (nSPS) is 18.1. The van der Waals surface area contributed by atoms with Crippen LogP contribution in [0.4, 0.5) is 30.8 Å². The molecule has 0 saturated carbocycles. The van der Waals surface area contributed by atoms with E-state index in [1.807, 2.05) is 17.9 Å². The zero-order chi connectivity index (χ0) is 19.7. The number of halogens is 3. The summed E-state index contributed by atoms with van der Waals surface area (Å²) in [5.41, 5.74) is 0.222. The van der Waals surface area contributed by atoms with Crippen molar-refractivity contribution in [1.29, 1.82) is 0 Å². The average molecular weight is 392 g/mol. The molecule has 2 aromatic rings. The minimum atomic E-state index is -4.36.